The zero-order valence-corrected chi connectivity index (χ0v) is 16.0. The molecule has 0 aliphatic heterocycles. The van der Waals surface area contributed by atoms with Gasteiger partial charge in [-0.25, -0.2) is 0 Å². The lowest BCUT2D eigenvalue weighted by Crippen LogP contribution is -2.54. The normalized spacial score (nSPS) is 46.3. The van der Waals surface area contributed by atoms with Gasteiger partial charge in [0.2, 0.25) is 0 Å². The largest absolute Gasteiger partial charge is 0.374 e. The van der Waals surface area contributed by atoms with Crippen molar-refractivity contribution < 1.29 is 14.3 Å². The number of ketones is 2. The van der Waals surface area contributed by atoms with E-state index in [9.17, 15) is 9.59 Å². The molecule has 3 nitrogen and oxygen atoms in total. The van der Waals surface area contributed by atoms with Crippen LogP contribution >= 0.6 is 0 Å². The molecule has 0 saturated heterocycles. The van der Waals surface area contributed by atoms with Gasteiger partial charge in [0.1, 0.15) is 5.78 Å². The summed E-state index contributed by atoms with van der Waals surface area (Å²) in [6.07, 6.45) is 9.64. The lowest BCUT2D eigenvalue weighted by molar-refractivity contribution is -0.135. The number of carbonyl (C=O) groups excluding carboxylic acids is 2. The van der Waals surface area contributed by atoms with Gasteiger partial charge < -0.3 is 4.74 Å². The molecular formula is C22H32O3. The second-order valence-corrected chi connectivity index (χ2v) is 9.37. The minimum absolute atomic E-state index is 0.0773. The van der Waals surface area contributed by atoms with Crippen LogP contribution in [0, 0.1) is 28.6 Å². The van der Waals surface area contributed by atoms with Gasteiger partial charge in [0.15, 0.2) is 5.78 Å². The number of ether oxygens (including phenoxy) is 1. The van der Waals surface area contributed by atoms with Crippen LogP contribution in [0.3, 0.4) is 0 Å². The summed E-state index contributed by atoms with van der Waals surface area (Å²) in [6, 6.07) is 0. The van der Waals surface area contributed by atoms with E-state index in [-0.39, 0.29) is 22.7 Å². The molecule has 0 bridgehead atoms. The Morgan fingerprint density at radius 1 is 1.08 bits per heavy atom. The zero-order valence-electron chi connectivity index (χ0n) is 16.0. The highest BCUT2D eigenvalue weighted by Gasteiger charge is 2.60. The van der Waals surface area contributed by atoms with Crippen LogP contribution in [0.1, 0.15) is 72.1 Å². The quantitative estimate of drug-likeness (QED) is 0.757. The molecule has 4 aliphatic carbocycles. The summed E-state index contributed by atoms with van der Waals surface area (Å²) in [4.78, 5) is 24.7. The van der Waals surface area contributed by atoms with Crippen molar-refractivity contribution in [2.24, 2.45) is 28.6 Å². The molecule has 4 rings (SSSR count). The molecule has 4 aliphatic rings. The average molecular weight is 344 g/mol. The maximum absolute atomic E-state index is 12.6. The Morgan fingerprint density at radius 3 is 2.60 bits per heavy atom. The van der Waals surface area contributed by atoms with E-state index in [4.69, 9.17) is 4.74 Å². The molecular weight excluding hydrogens is 312 g/mol. The SMILES string of the molecule is CCCO[C@H]1C[C@@H]2[C@H](CC[C@]3(C)C(=O)CC[C@@H]23)[C@@]2(C)CCC(=O)C=C12. The molecule has 0 amide bonds. The first-order valence-electron chi connectivity index (χ1n) is 10.3. The molecule has 3 fully saturated rings. The van der Waals surface area contributed by atoms with Gasteiger partial charge in [-0.1, -0.05) is 20.8 Å². The number of rotatable bonds is 3. The smallest absolute Gasteiger partial charge is 0.155 e. The summed E-state index contributed by atoms with van der Waals surface area (Å²) < 4.78 is 6.27. The van der Waals surface area contributed by atoms with Crippen LogP contribution in [0.4, 0.5) is 0 Å². The number of hydrogen-bond acceptors (Lipinski definition) is 3. The van der Waals surface area contributed by atoms with Crippen LogP contribution in [0.25, 0.3) is 0 Å². The predicted molar refractivity (Wildman–Crippen MR) is 97.1 cm³/mol. The summed E-state index contributed by atoms with van der Waals surface area (Å²) in [5, 5.41) is 0. The Balaban J connectivity index is 1.71. The molecule has 3 saturated carbocycles. The number of Topliss-reactive ketones (excluding diaryl/α,β-unsaturated/α-hetero) is 1. The molecule has 0 unspecified atom stereocenters. The molecule has 0 heterocycles. The van der Waals surface area contributed by atoms with Crippen molar-refractivity contribution in [2.75, 3.05) is 6.61 Å². The van der Waals surface area contributed by atoms with E-state index in [2.05, 4.69) is 20.8 Å². The van der Waals surface area contributed by atoms with Crippen molar-refractivity contribution in [3.8, 4) is 0 Å². The third-order valence-corrected chi connectivity index (χ3v) is 8.19. The van der Waals surface area contributed by atoms with E-state index in [0.717, 1.165) is 51.6 Å². The van der Waals surface area contributed by atoms with Crippen molar-refractivity contribution >= 4 is 11.6 Å². The van der Waals surface area contributed by atoms with E-state index in [1.54, 1.807) is 0 Å². The van der Waals surface area contributed by atoms with E-state index in [1.807, 2.05) is 6.08 Å². The van der Waals surface area contributed by atoms with Crippen molar-refractivity contribution in [3.05, 3.63) is 11.6 Å². The summed E-state index contributed by atoms with van der Waals surface area (Å²) in [7, 11) is 0. The monoisotopic (exact) mass is 344 g/mol. The highest BCUT2D eigenvalue weighted by Crippen LogP contribution is 2.64. The minimum atomic E-state index is -0.0987. The van der Waals surface area contributed by atoms with Gasteiger partial charge in [-0.15, -0.1) is 0 Å². The summed E-state index contributed by atoms with van der Waals surface area (Å²) in [5.74, 6) is 2.46. The first-order valence-corrected chi connectivity index (χ1v) is 10.3. The number of fused-ring (bicyclic) bond motifs is 5. The van der Waals surface area contributed by atoms with Gasteiger partial charge in [0.05, 0.1) is 6.10 Å². The second-order valence-electron chi connectivity index (χ2n) is 9.37. The van der Waals surface area contributed by atoms with Crippen LogP contribution in [-0.2, 0) is 14.3 Å². The van der Waals surface area contributed by atoms with E-state index < -0.39 is 0 Å². The Morgan fingerprint density at radius 2 is 1.84 bits per heavy atom. The zero-order chi connectivity index (χ0) is 17.8. The molecule has 3 heteroatoms. The van der Waals surface area contributed by atoms with E-state index >= 15 is 0 Å². The molecule has 0 radical (unpaired) electrons. The predicted octanol–water partition coefficient (Wildman–Crippen LogP) is 4.49. The molecule has 0 aromatic carbocycles. The van der Waals surface area contributed by atoms with Gasteiger partial charge in [-0.2, -0.15) is 0 Å². The molecule has 0 spiro atoms. The maximum atomic E-state index is 12.6. The fourth-order valence-electron chi connectivity index (χ4n) is 6.77. The van der Waals surface area contributed by atoms with Crippen LogP contribution < -0.4 is 0 Å². The Hall–Kier alpha value is -0.960. The minimum Gasteiger partial charge on any atom is -0.374 e. The van der Waals surface area contributed by atoms with Gasteiger partial charge in [-0.05, 0) is 73.3 Å². The summed E-state index contributed by atoms with van der Waals surface area (Å²) in [5.41, 5.74) is 1.26. The fourth-order valence-corrected chi connectivity index (χ4v) is 6.77. The summed E-state index contributed by atoms with van der Waals surface area (Å²) >= 11 is 0. The van der Waals surface area contributed by atoms with Crippen LogP contribution in [0.15, 0.2) is 11.6 Å². The fraction of sp³-hybridized carbons (Fsp3) is 0.818. The summed E-state index contributed by atoms with van der Waals surface area (Å²) in [6.45, 7) is 7.50. The van der Waals surface area contributed by atoms with Crippen LogP contribution in [0.2, 0.25) is 0 Å². The molecule has 138 valence electrons. The van der Waals surface area contributed by atoms with Crippen molar-refractivity contribution in [2.45, 2.75) is 78.2 Å². The second kappa shape index (κ2) is 6.04. The van der Waals surface area contributed by atoms with Crippen molar-refractivity contribution in [1.82, 2.24) is 0 Å². The maximum Gasteiger partial charge on any atom is 0.155 e. The van der Waals surface area contributed by atoms with Crippen LogP contribution in [0.5, 0.6) is 0 Å². The average Bonchev–Trinajstić information content (AvgIpc) is 2.89. The van der Waals surface area contributed by atoms with E-state index in [1.165, 1.54) is 5.57 Å². The highest BCUT2D eigenvalue weighted by molar-refractivity contribution is 5.92. The Kier molecular flexibility index (Phi) is 4.22. The molecule has 25 heavy (non-hydrogen) atoms. The topological polar surface area (TPSA) is 43.4 Å². The first-order chi connectivity index (χ1) is 11.9. The van der Waals surface area contributed by atoms with Crippen molar-refractivity contribution in [1.29, 1.82) is 0 Å². The van der Waals surface area contributed by atoms with Gasteiger partial charge in [0, 0.05) is 24.9 Å². The van der Waals surface area contributed by atoms with E-state index in [0.29, 0.717) is 30.0 Å². The number of hydrogen-bond donors (Lipinski definition) is 0. The lowest BCUT2D eigenvalue weighted by Gasteiger charge is -2.58. The lowest BCUT2D eigenvalue weighted by atomic mass is 9.47. The van der Waals surface area contributed by atoms with Gasteiger partial charge in [-0.3, -0.25) is 9.59 Å². The first kappa shape index (κ1) is 17.5. The molecule has 6 atom stereocenters. The molecule has 0 N–H and O–H groups in total. The standard InChI is InChI=1S/C22H32O3/c1-4-11-25-19-13-15-16-5-6-20(24)22(16,3)10-8-17(15)21(2)9-7-14(23)12-18(19)21/h12,15-17,19H,4-11,13H2,1-3H3/t15-,16-,17-,19-,21+,22-/m0/s1. The molecule has 0 aromatic rings. The Labute approximate surface area is 151 Å². The highest BCUT2D eigenvalue weighted by atomic mass is 16.5. The van der Waals surface area contributed by atoms with Gasteiger partial charge >= 0.3 is 0 Å². The third-order valence-electron chi connectivity index (χ3n) is 8.19. The van der Waals surface area contributed by atoms with Gasteiger partial charge in [0.25, 0.3) is 0 Å². The van der Waals surface area contributed by atoms with Crippen LogP contribution in [-0.4, -0.2) is 24.3 Å². The van der Waals surface area contributed by atoms with Crippen molar-refractivity contribution in [3.63, 3.8) is 0 Å². The number of carbonyl (C=O) groups is 2. The third kappa shape index (κ3) is 2.49. The molecule has 0 aromatic heterocycles. The Bertz CT molecular complexity index is 621.